The van der Waals surface area contributed by atoms with Crippen LogP contribution in [0.4, 0.5) is 0 Å². The minimum absolute atomic E-state index is 0.202. The van der Waals surface area contributed by atoms with E-state index in [2.05, 4.69) is 36.9 Å². The van der Waals surface area contributed by atoms with Gasteiger partial charge in [0.1, 0.15) is 11.8 Å². The number of benzene rings is 1. The SMILES string of the molecule is COc1cc2cc([C@H](c3nnnn3C3CCCC3)N(Cc3ccco3)Cc3cccs3)c(=O)[nH]c2cc1OC. The van der Waals surface area contributed by atoms with Crippen molar-refractivity contribution in [1.82, 2.24) is 30.1 Å². The number of methoxy groups -OCH3 is 2. The lowest BCUT2D eigenvalue weighted by molar-refractivity contribution is 0.178. The number of nitrogens with one attached hydrogen (secondary N) is 1. The standard InChI is InChI=1S/C28H30N6O4S/c1-36-24-14-18-13-22(28(35)29-23(18)15-25(24)37-2)26(27-30-31-32-34(27)19-7-3-4-8-19)33(16-20-9-5-11-38-20)17-21-10-6-12-39-21/h5-6,9-15,19,26H,3-4,7-8,16-17H2,1-2H3,(H,29,35)/t26-/m1/s1. The Kier molecular flexibility index (Phi) is 7.16. The number of ether oxygens (including phenoxy) is 2. The van der Waals surface area contributed by atoms with Crippen LogP contribution in [0.1, 0.15) is 59.8 Å². The van der Waals surface area contributed by atoms with E-state index in [-0.39, 0.29) is 11.6 Å². The summed E-state index contributed by atoms with van der Waals surface area (Å²) in [4.78, 5) is 20.3. The van der Waals surface area contributed by atoms with Crippen molar-refractivity contribution < 1.29 is 13.9 Å². The molecule has 5 aromatic rings. The van der Waals surface area contributed by atoms with E-state index < -0.39 is 6.04 Å². The number of hydrogen-bond acceptors (Lipinski definition) is 9. The number of thiophene rings is 1. The number of furan rings is 1. The molecule has 202 valence electrons. The van der Waals surface area contributed by atoms with Crippen molar-refractivity contribution in [3.8, 4) is 11.5 Å². The molecule has 1 N–H and O–H groups in total. The molecule has 6 rings (SSSR count). The topological polar surface area (TPSA) is 111 Å². The van der Waals surface area contributed by atoms with Crippen molar-refractivity contribution in [2.45, 2.75) is 50.9 Å². The number of aromatic amines is 1. The zero-order chi connectivity index (χ0) is 26.8. The van der Waals surface area contributed by atoms with Crippen LogP contribution in [-0.2, 0) is 13.1 Å². The largest absolute Gasteiger partial charge is 0.493 e. The molecule has 4 aromatic heterocycles. The van der Waals surface area contributed by atoms with Crippen LogP contribution in [-0.4, -0.2) is 44.3 Å². The molecule has 1 aromatic carbocycles. The molecule has 1 saturated carbocycles. The van der Waals surface area contributed by atoms with Crippen LogP contribution in [0.2, 0.25) is 0 Å². The molecule has 0 spiro atoms. The zero-order valence-electron chi connectivity index (χ0n) is 21.9. The quantitative estimate of drug-likeness (QED) is 0.258. The van der Waals surface area contributed by atoms with E-state index >= 15 is 0 Å². The zero-order valence-corrected chi connectivity index (χ0v) is 22.7. The van der Waals surface area contributed by atoms with Gasteiger partial charge in [-0.15, -0.1) is 16.4 Å². The number of aromatic nitrogens is 5. The molecule has 1 atom stereocenters. The van der Waals surface area contributed by atoms with Crippen LogP contribution in [0.15, 0.2) is 63.3 Å². The van der Waals surface area contributed by atoms with Crippen LogP contribution >= 0.6 is 11.3 Å². The number of pyridine rings is 1. The molecule has 11 heteroatoms. The lowest BCUT2D eigenvalue weighted by Gasteiger charge is -2.30. The van der Waals surface area contributed by atoms with Gasteiger partial charge in [-0.3, -0.25) is 9.69 Å². The van der Waals surface area contributed by atoms with Gasteiger partial charge in [-0.2, -0.15) is 0 Å². The Labute approximate surface area is 229 Å². The lowest BCUT2D eigenvalue weighted by atomic mass is 10.0. The van der Waals surface area contributed by atoms with Crippen molar-refractivity contribution in [1.29, 1.82) is 0 Å². The van der Waals surface area contributed by atoms with E-state index in [0.29, 0.717) is 41.5 Å². The first kappa shape index (κ1) is 25.3. The molecule has 0 bridgehead atoms. The Morgan fingerprint density at radius 3 is 2.67 bits per heavy atom. The summed E-state index contributed by atoms with van der Waals surface area (Å²) in [5.41, 5.74) is 0.995. The van der Waals surface area contributed by atoms with Crippen molar-refractivity contribution in [2.24, 2.45) is 0 Å². The molecule has 39 heavy (non-hydrogen) atoms. The third kappa shape index (κ3) is 5.07. The predicted molar refractivity (Wildman–Crippen MR) is 147 cm³/mol. The first-order chi connectivity index (χ1) is 19.1. The van der Waals surface area contributed by atoms with Gasteiger partial charge in [0.05, 0.1) is 38.6 Å². The smallest absolute Gasteiger partial charge is 0.253 e. The normalized spacial score (nSPS) is 14.8. The van der Waals surface area contributed by atoms with E-state index in [1.54, 1.807) is 37.9 Å². The Balaban J connectivity index is 1.54. The molecule has 0 radical (unpaired) electrons. The minimum Gasteiger partial charge on any atom is -0.493 e. The molecule has 1 aliphatic rings. The van der Waals surface area contributed by atoms with Gasteiger partial charge in [-0.25, -0.2) is 4.68 Å². The fourth-order valence-corrected chi connectivity index (χ4v) is 6.21. The fourth-order valence-electron chi connectivity index (χ4n) is 5.49. The third-order valence-electron chi connectivity index (χ3n) is 7.35. The summed E-state index contributed by atoms with van der Waals surface area (Å²) in [5.74, 6) is 2.57. The average molecular weight is 547 g/mol. The van der Waals surface area contributed by atoms with Crippen LogP contribution in [0.5, 0.6) is 11.5 Å². The number of rotatable bonds is 10. The van der Waals surface area contributed by atoms with Crippen molar-refractivity contribution in [3.63, 3.8) is 0 Å². The maximum atomic E-state index is 13.8. The van der Waals surface area contributed by atoms with E-state index in [1.807, 2.05) is 35.0 Å². The van der Waals surface area contributed by atoms with Gasteiger partial charge in [0, 0.05) is 28.4 Å². The van der Waals surface area contributed by atoms with Crippen LogP contribution < -0.4 is 15.0 Å². The number of nitrogens with zero attached hydrogens (tertiary/aromatic N) is 5. The predicted octanol–water partition coefficient (Wildman–Crippen LogP) is 5.09. The summed E-state index contributed by atoms with van der Waals surface area (Å²) in [6.07, 6.45) is 5.97. The van der Waals surface area contributed by atoms with E-state index in [4.69, 9.17) is 13.9 Å². The summed E-state index contributed by atoms with van der Waals surface area (Å²) in [5, 5.41) is 15.9. The van der Waals surface area contributed by atoms with Gasteiger partial charge in [0.25, 0.3) is 5.56 Å². The van der Waals surface area contributed by atoms with Crippen molar-refractivity contribution >= 4 is 22.2 Å². The van der Waals surface area contributed by atoms with Gasteiger partial charge in [0.2, 0.25) is 0 Å². The monoisotopic (exact) mass is 546 g/mol. The highest BCUT2D eigenvalue weighted by Crippen LogP contribution is 2.37. The summed E-state index contributed by atoms with van der Waals surface area (Å²) in [7, 11) is 3.17. The number of fused-ring (bicyclic) bond motifs is 1. The maximum absolute atomic E-state index is 13.8. The Morgan fingerprint density at radius 2 is 1.95 bits per heavy atom. The highest BCUT2D eigenvalue weighted by atomic mass is 32.1. The number of H-pyrrole nitrogens is 1. The Morgan fingerprint density at radius 1 is 1.13 bits per heavy atom. The third-order valence-corrected chi connectivity index (χ3v) is 8.21. The molecular weight excluding hydrogens is 516 g/mol. The summed E-state index contributed by atoms with van der Waals surface area (Å²) >= 11 is 1.67. The van der Waals surface area contributed by atoms with E-state index in [9.17, 15) is 4.79 Å². The van der Waals surface area contributed by atoms with Gasteiger partial charge in [-0.1, -0.05) is 18.9 Å². The van der Waals surface area contributed by atoms with Crippen LogP contribution in [0, 0.1) is 0 Å². The molecule has 1 aliphatic carbocycles. The van der Waals surface area contributed by atoms with Gasteiger partial charge in [-0.05, 0) is 59.0 Å². The number of hydrogen-bond donors (Lipinski definition) is 1. The molecule has 0 unspecified atom stereocenters. The second-order valence-corrected chi connectivity index (χ2v) is 10.8. The molecule has 0 amide bonds. The molecule has 10 nitrogen and oxygen atoms in total. The van der Waals surface area contributed by atoms with Crippen LogP contribution in [0.3, 0.4) is 0 Å². The lowest BCUT2D eigenvalue weighted by Crippen LogP contribution is -2.35. The number of tetrazole rings is 1. The van der Waals surface area contributed by atoms with Gasteiger partial charge >= 0.3 is 0 Å². The highest BCUT2D eigenvalue weighted by Gasteiger charge is 2.34. The van der Waals surface area contributed by atoms with E-state index in [0.717, 1.165) is 41.7 Å². The molecule has 1 fully saturated rings. The van der Waals surface area contributed by atoms with Crippen molar-refractivity contribution in [3.05, 3.63) is 86.5 Å². The minimum atomic E-state index is -0.533. The first-order valence-electron chi connectivity index (χ1n) is 13.0. The first-order valence-corrected chi connectivity index (χ1v) is 13.9. The van der Waals surface area contributed by atoms with Crippen molar-refractivity contribution in [2.75, 3.05) is 14.2 Å². The summed E-state index contributed by atoms with van der Waals surface area (Å²) < 4.78 is 18.7. The molecule has 4 heterocycles. The average Bonchev–Trinajstić information content (AvgIpc) is 3.76. The van der Waals surface area contributed by atoms with Gasteiger partial charge < -0.3 is 18.9 Å². The second kappa shape index (κ2) is 11.0. The molecular formula is C28H30N6O4S. The fraction of sp³-hybridized carbons (Fsp3) is 0.357. The van der Waals surface area contributed by atoms with Gasteiger partial charge in [0.15, 0.2) is 17.3 Å². The Bertz CT molecular complexity index is 1550. The molecule has 0 aliphatic heterocycles. The summed E-state index contributed by atoms with van der Waals surface area (Å²) in [6, 6.07) is 13.2. The second-order valence-electron chi connectivity index (χ2n) is 9.73. The van der Waals surface area contributed by atoms with E-state index in [1.165, 1.54) is 0 Å². The summed E-state index contributed by atoms with van der Waals surface area (Å²) in [6.45, 7) is 1.06. The maximum Gasteiger partial charge on any atom is 0.253 e. The molecule has 0 saturated heterocycles. The Hall–Kier alpha value is -3.96. The highest BCUT2D eigenvalue weighted by molar-refractivity contribution is 7.09. The van der Waals surface area contributed by atoms with Crippen LogP contribution in [0.25, 0.3) is 10.9 Å².